The van der Waals surface area contributed by atoms with Gasteiger partial charge >= 0.3 is 0 Å². The lowest BCUT2D eigenvalue weighted by Gasteiger charge is -2.34. The van der Waals surface area contributed by atoms with Gasteiger partial charge in [0.2, 0.25) is 0 Å². The van der Waals surface area contributed by atoms with Crippen LogP contribution in [0.15, 0.2) is 29.6 Å². The summed E-state index contributed by atoms with van der Waals surface area (Å²) < 4.78 is 0. The highest BCUT2D eigenvalue weighted by molar-refractivity contribution is 7.13. The minimum Gasteiger partial charge on any atom is -0.351 e. The first-order valence-corrected chi connectivity index (χ1v) is 8.95. The van der Waals surface area contributed by atoms with E-state index in [0.29, 0.717) is 5.56 Å². The fourth-order valence-electron chi connectivity index (χ4n) is 2.88. The van der Waals surface area contributed by atoms with Crippen LogP contribution in [0.1, 0.15) is 35.8 Å². The summed E-state index contributed by atoms with van der Waals surface area (Å²) in [6.45, 7) is 7.03. The Morgan fingerprint density at radius 1 is 1.39 bits per heavy atom. The number of amides is 1. The summed E-state index contributed by atoms with van der Waals surface area (Å²) in [6.07, 6.45) is 2.21. The van der Waals surface area contributed by atoms with Crippen LogP contribution < -0.4 is 10.6 Å². The highest BCUT2D eigenvalue weighted by Gasteiger charge is 2.27. The molecule has 1 amide bonds. The van der Waals surface area contributed by atoms with Gasteiger partial charge in [-0.15, -0.1) is 11.3 Å². The van der Waals surface area contributed by atoms with Crippen molar-refractivity contribution in [2.45, 2.75) is 26.7 Å². The first-order valence-electron chi connectivity index (χ1n) is 8.07. The minimum atomic E-state index is -0.000106. The van der Waals surface area contributed by atoms with Crippen molar-refractivity contribution in [1.82, 2.24) is 15.6 Å². The third-order valence-corrected chi connectivity index (χ3v) is 5.49. The molecule has 2 aromatic rings. The number of benzene rings is 1. The summed E-state index contributed by atoms with van der Waals surface area (Å²) in [7, 11) is 0. The van der Waals surface area contributed by atoms with Gasteiger partial charge in [0.05, 0.1) is 0 Å². The molecular weight excluding hydrogens is 306 g/mol. The van der Waals surface area contributed by atoms with Crippen molar-refractivity contribution in [3.63, 3.8) is 0 Å². The van der Waals surface area contributed by atoms with E-state index in [2.05, 4.69) is 22.5 Å². The molecule has 2 heterocycles. The lowest BCUT2D eigenvalue weighted by molar-refractivity contribution is 0.0922. The van der Waals surface area contributed by atoms with Gasteiger partial charge in [-0.05, 0) is 50.4 Å². The number of carbonyl (C=O) groups excluding carboxylic acids is 1. The van der Waals surface area contributed by atoms with Gasteiger partial charge in [0, 0.05) is 28.7 Å². The van der Waals surface area contributed by atoms with Crippen LogP contribution in [-0.2, 0) is 0 Å². The second-order valence-electron chi connectivity index (χ2n) is 6.62. The van der Waals surface area contributed by atoms with E-state index in [-0.39, 0.29) is 11.3 Å². The van der Waals surface area contributed by atoms with Crippen molar-refractivity contribution in [2.75, 3.05) is 19.6 Å². The Bertz CT molecular complexity index is 689. The molecule has 0 aliphatic carbocycles. The van der Waals surface area contributed by atoms with Crippen molar-refractivity contribution >= 4 is 17.2 Å². The Balaban J connectivity index is 1.68. The van der Waals surface area contributed by atoms with Crippen LogP contribution in [0.3, 0.4) is 0 Å². The van der Waals surface area contributed by atoms with Gasteiger partial charge in [0.25, 0.3) is 5.91 Å². The summed E-state index contributed by atoms with van der Waals surface area (Å²) in [6, 6.07) is 7.72. The van der Waals surface area contributed by atoms with E-state index in [9.17, 15) is 4.79 Å². The number of aryl methyl sites for hydroxylation is 1. The van der Waals surface area contributed by atoms with E-state index in [1.165, 1.54) is 0 Å². The van der Waals surface area contributed by atoms with Crippen LogP contribution in [0.5, 0.6) is 0 Å². The molecule has 0 saturated carbocycles. The average molecular weight is 329 g/mol. The Labute approximate surface area is 141 Å². The van der Waals surface area contributed by atoms with Gasteiger partial charge in [0.15, 0.2) is 0 Å². The molecule has 1 aromatic heterocycles. The second kappa shape index (κ2) is 6.81. The Hall–Kier alpha value is -1.72. The lowest BCUT2D eigenvalue weighted by atomic mass is 9.81. The van der Waals surface area contributed by atoms with Crippen LogP contribution in [0, 0.1) is 12.3 Å². The molecule has 23 heavy (non-hydrogen) atoms. The molecule has 0 unspecified atom stereocenters. The van der Waals surface area contributed by atoms with Gasteiger partial charge in [-0.1, -0.05) is 19.1 Å². The molecule has 0 bridgehead atoms. The third-order valence-electron chi connectivity index (χ3n) is 4.48. The van der Waals surface area contributed by atoms with Gasteiger partial charge in [-0.3, -0.25) is 4.79 Å². The third kappa shape index (κ3) is 3.98. The zero-order chi connectivity index (χ0) is 16.3. The number of carbonyl (C=O) groups is 1. The molecular formula is C18H23N3OS. The number of aromatic nitrogens is 1. The number of rotatable bonds is 4. The van der Waals surface area contributed by atoms with Crippen LogP contribution in [0.25, 0.3) is 10.6 Å². The maximum Gasteiger partial charge on any atom is 0.251 e. The van der Waals surface area contributed by atoms with E-state index < -0.39 is 0 Å². The van der Waals surface area contributed by atoms with E-state index in [4.69, 9.17) is 0 Å². The number of nitrogens with zero attached hydrogens (tertiary/aromatic N) is 1. The quantitative estimate of drug-likeness (QED) is 0.905. The number of nitrogens with one attached hydrogen (secondary N) is 2. The summed E-state index contributed by atoms with van der Waals surface area (Å²) in [4.78, 5) is 17.0. The summed E-state index contributed by atoms with van der Waals surface area (Å²) in [5.41, 5.74) is 2.92. The van der Waals surface area contributed by atoms with Crippen molar-refractivity contribution in [3.05, 3.63) is 40.9 Å². The maximum atomic E-state index is 12.5. The summed E-state index contributed by atoms with van der Waals surface area (Å²) >= 11 is 1.61. The molecule has 1 saturated heterocycles. The van der Waals surface area contributed by atoms with Gasteiger partial charge in [-0.25, -0.2) is 4.98 Å². The van der Waals surface area contributed by atoms with Gasteiger partial charge in [-0.2, -0.15) is 0 Å². The molecule has 1 aromatic carbocycles. The SMILES string of the molecule is Cc1csc(-c2cccc(C(=O)NCC3(C)CCNCC3)c2)n1. The van der Waals surface area contributed by atoms with Crippen molar-refractivity contribution < 1.29 is 4.79 Å². The molecule has 5 heteroatoms. The fourth-order valence-corrected chi connectivity index (χ4v) is 3.68. The number of thiazole rings is 1. The standard InChI is InChI=1S/C18H23N3OS/c1-13-11-23-17(21-13)15-5-3-4-14(10-15)16(22)20-12-18(2)6-8-19-9-7-18/h3-5,10-11,19H,6-9,12H2,1-2H3,(H,20,22). The molecule has 3 rings (SSSR count). The smallest absolute Gasteiger partial charge is 0.251 e. The molecule has 1 aliphatic rings. The molecule has 0 radical (unpaired) electrons. The van der Waals surface area contributed by atoms with Crippen molar-refractivity contribution in [2.24, 2.45) is 5.41 Å². The van der Waals surface area contributed by atoms with Crippen LogP contribution in [-0.4, -0.2) is 30.5 Å². The zero-order valence-corrected chi connectivity index (χ0v) is 14.5. The van der Waals surface area contributed by atoms with E-state index in [1.54, 1.807) is 11.3 Å². The number of piperidine rings is 1. The fraction of sp³-hybridized carbons (Fsp3) is 0.444. The molecule has 122 valence electrons. The van der Waals surface area contributed by atoms with E-state index in [0.717, 1.165) is 48.7 Å². The monoisotopic (exact) mass is 329 g/mol. The normalized spacial score (nSPS) is 17.0. The highest BCUT2D eigenvalue weighted by atomic mass is 32.1. The molecule has 1 fully saturated rings. The van der Waals surface area contributed by atoms with Gasteiger partial charge < -0.3 is 10.6 Å². The minimum absolute atomic E-state index is 0.000106. The van der Waals surface area contributed by atoms with Crippen LogP contribution in [0.2, 0.25) is 0 Å². The average Bonchev–Trinajstić information content (AvgIpc) is 3.00. The lowest BCUT2D eigenvalue weighted by Crippen LogP contribution is -2.42. The molecule has 2 N–H and O–H groups in total. The Morgan fingerprint density at radius 2 is 2.17 bits per heavy atom. The molecule has 1 aliphatic heterocycles. The molecule has 0 atom stereocenters. The zero-order valence-electron chi connectivity index (χ0n) is 13.7. The predicted octanol–water partition coefficient (Wildman–Crippen LogP) is 3.24. The Morgan fingerprint density at radius 3 is 2.87 bits per heavy atom. The van der Waals surface area contributed by atoms with E-state index in [1.807, 2.05) is 36.6 Å². The van der Waals surface area contributed by atoms with Crippen molar-refractivity contribution in [1.29, 1.82) is 0 Å². The topological polar surface area (TPSA) is 54.0 Å². The second-order valence-corrected chi connectivity index (χ2v) is 7.48. The van der Waals surface area contributed by atoms with Crippen LogP contribution in [0.4, 0.5) is 0 Å². The predicted molar refractivity (Wildman–Crippen MR) is 94.8 cm³/mol. The maximum absolute atomic E-state index is 12.5. The number of hydrogen-bond acceptors (Lipinski definition) is 4. The van der Waals surface area contributed by atoms with Crippen molar-refractivity contribution in [3.8, 4) is 10.6 Å². The summed E-state index contributed by atoms with van der Waals surface area (Å²) in [5.74, 6) is -0.000106. The molecule has 4 nitrogen and oxygen atoms in total. The first-order chi connectivity index (χ1) is 11.1. The van der Waals surface area contributed by atoms with E-state index >= 15 is 0 Å². The molecule has 0 spiro atoms. The van der Waals surface area contributed by atoms with Gasteiger partial charge in [0.1, 0.15) is 5.01 Å². The Kier molecular flexibility index (Phi) is 4.78. The largest absolute Gasteiger partial charge is 0.351 e. The van der Waals surface area contributed by atoms with Crippen LogP contribution >= 0.6 is 11.3 Å². The first kappa shape index (κ1) is 16.1. The highest BCUT2D eigenvalue weighted by Crippen LogP contribution is 2.27. The number of hydrogen-bond donors (Lipinski definition) is 2. The summed E-state index contributed by atoms with van der Waals surface area (Å²) in [5, 5.41) is 9.47.